The summed E-state index contributed by atoms with van der Waals surface area (Å²) in [5.41, 5.74) is 6.04. The van der Waals surface area contributed by atoms with Gasteiger partial charge in [0, 0.05) is 52.3 Å². The van der Waals surface area contributed by atoms with E-state index >= 15 is 0 Å². The highest BCUT2D eigenvalue weighted by molar-refractivity contribution is 5.92. The second-order valence-corrected chi connectivity index (χ2v) is 15.1. The number of aromatic hydroxyl groups is 1. The van der Waals surface area contributed by atoms with E-state index in [1.54, 1.807) is 19.0 Å². The number of amides is 1. The zero-order chi connectivity index (χ0) is 32.5. The van der Waals surface area contributed by atoms with Gasteiger partial charge in [0.1, 0.15) is 18.2 Å². The van der Waals surface area contributed by atoms with Crippen LogP contribution in [0, 0.1) is 5.92 Å². The zero-order valence-corrected chi connectivity index (χ0v) is 28.3. The quantitative estimate of drug-likeness (QED) is 0.444. The lowest BCUT2D eigenvalue weighted by molar-refractivity contribution is 0.0711. The predicted octanol–water partition coefficient (Wildman–Crippen LogP) is 3.96. The number of phenolic OH excluding ortho intramolecular Hbond substituents is 1. The third-order valence-corrected chi connectivity index (χ3v) is 11.7. The first-order chi connectivity index (χ1) is 22.6. The summed E-state index contributed by atoms with van der Waals surface area (Å²) in [5.74, 6) is 1.83. The number of hydrogen-bond donors (Lipinski definition) is 1. The van der Waals surface area contributed by atoms with Crippen LogP contribution >= 0.6 is 0 Å². The van der Waals surface area contributed by atoms with Gasteiger partial charge in [0.05, 0.1) is 29.0 Å². The standard InChI is InChI=1S/C36H48N8O3/c1-24-18-35(11-6-14-43(35)20-24)23-47-34-37-31-19-36(12-5-8-25-9-10-27(45)17-29(25)36)41(4)22-28(31)32(38-34)42-13-7-15-44-26(21-42)16-30(39-44)33(46)40(2)3/h9-10,16-17,24,45H,5-8,11-15,18-23H2,1-4H3/t24-,35+,36+/m1/s1. The minimum Gasteiger partial charge on any atom is -0.508 e. The van der Waals surface area contributed by atoms with E-state index in [1.165, 1.54) is 17.5 Å². The van der Waals surface area contributed by atoms with Crippen LogP contribution in [0.2, 0.25) is 0 Å². The van der Waals surface area contributed by atoms with Crippen molar-refractivity contribution in [3.05, 3.63) is 58.0 Å². The van der Waals surface area contributed by atoms with Gasteiger partial charge >= 0.3 is 6.01 Å². The Morgan fingerprint density at radius 1 is 1.09 bits per heavy atom. The SMILES string of the molecule is C[C@H]1CN2CCC[C@@]2(COc2nc3c(c(N4CCCn5nc(C(=O)N(C)C)cc5C4)n2)CN(C)[C@@]2(CCCc4ccc(O)cc42)C3)C1. The Balaban J connectivity index is 1.18. The fourth-order valence-electron chi connectivity index (χ4n) is 9.43. The van der Waals surface area contributed by atoms with Crippen LogP contribution in [-0.2, 0) is 38.0 Å². The van der Waals surface area contributed by atoms with Crippen LogP contribution in [0.25, 0.3) is 0 Å². The molecule has 5 aliphatic rings. The molecule has 3 aromatic rings. The largest absolute Gasteiger partial charge is 0.508 e. The van der Waals surface area contributed by atoms with Gasteiger partial charge in [-0.2, -0.15) is 15.1 Å². The van der Waals surface area contributed by atoms with Gasteiger partial charge in [0.25, 0.3) is 5.91 Å². The molecule has 11 nitrogen and oxygen atoms in total. The smallest absolute Gasteiger partial charge is 0.318 e. The van der Waals surface area contributed by atoms with Gasteiger partial charge in [-0.1, -0.05) is 13.0 Å². The molecule has 4 aliphatic heterocycles. The molecule has 1 aliphatic carbocycles. The topological polar surface area (TPSA) is 103 Å². The van der Waals surface area contributed by atoms with Gasteiger partial charge in [-0.15, -0.1) is 0 Å². The van der Waals surface area contributed by atoms with E-state index in [4.69, 9.17) is 14.7 Å². The summed E-state index contributed by atoms with van der Waals surface area (Å²) < 4.78 is 8.67. The van der Waals surface area contributed by atoms with E-state index in [2.05, 4.69) is 39.8 Å². The van der Waals surface area contributed by atoms with Gasteiger partial charge in [-0.3, -0.25) is 19.3 Å². The Morgan fingerprint density at radius 2 is 1.96 bits per heavy atom. The molecule has 0 saturated carbocycles. The molecule has 1 amide bonds. The van der Waals surface area contributed by atoms with Crippen LogP contribution in [0.3, 0.4) is 0 Å². The number of aryl methyl sites for hydroxylation is 2. The zero-order valence-electron chi connectivity index (χ0n) is 28.3. The van der Waals surface area contributed by atoms with Crippen LogP contribution in [-0.4, -0.2) is 98.4 Å². The summed E-state index contributed by atoms with van der Waals surface area (Å²) in [7, 11) is 5.74. The third-order valence-electron chi connectivity index (χ3n) is 11.7. The molecule has 2 aromatic heterocycles. The van der Waals surface area contributed by atoms with Gasteiger partial charge in [-0.05, 0) is 93.8 Å². The highest BCUT2D eigenvalue weighted by atomic mass is 16.5. The van der Waals surface area contributed by atoms with Crippen LogP contribution in [0.15, 0.2) is 24.3 Å². The Morgan fingerprint density at radius 3 is 2.81 bits per heavy atom. The van der Waals surface area contributed by atoms with E-state index in [0.717, 1.165) is 93.9 Å². The first-order valence-electron chi connectivity index (χ1n) is 17.5. The lowest BCUT2D eigenvalue weighted by Gasteiger charge is -2.49. The molecular weight excluding hydrogens is 592 g/mol. The number of carbonyl (C=O) groups excluding carboxylic acids is 1. The van der Waals surface area contributed by atoms with Crippen molar-refractivity contribution in [2.45, 2.75) is 89.0 Å². The molecule has 6 heterocycles. The molecule has 2 saturated heterocycles. The molecule has 11 heteroatoms. The number of rotatable bonds is 5. The minimum atomic E-state index is -0.247. The van der Waals surface area contributed by atoms with E-state index in [0.29, 0.717) is 43.1 Å². The number of nitrogens with zero attached hydrogens (tertiary/aromatic N) is 8. The van der Waals surface area contributed by atoms with Crippen molar-refractivity contribution < 1.29 is 14.6 Å². The summed E-state index contributed by atoms with van der Waals surface area (Å²) in [5, 5.41) is 15.3. The summed E-state index contributed by atoms with van der Waals surface area (Å²) in [6.45, 7) is 8.14. The number of ether oxygens (including phenoxy) is 1. The summed E-state index contributed by atoms with van der Waals surface area (Å²) >= 11 is 0. The molecular formula is C36H48N8O3. The molecule has 0 bridgehead atoms. The van der Waals surface area contributed by atoms with E-state index < -0.39 is 0 Å². The fraction of sp³-hybridized carbons (Fsp3) is 0.611. The Hall–Kier alpha value is -3.70. The molecule has 0 unspecified atom stereocenters. The third kappa shape index (κ3) is 5.17. The first kappa shape index (κ1) is 30.6. The second kappa shape index (κ2) is 11.5. The van der Waals surface area contributed by atoms with Crippen molar-refractivity contribution >= 4 is 11.7 Å². The molecule has 1 spiro atoms. The van der Waals surface area contributed by atoms with Gasteiger partial charge < -0.3 is 19.6 Å². The number of aromatic nitrogens is 4. The maximum absolute atomic E-state index is 12.8. The van der Waals surface area contributed by atoms with Crippen LogP contribution in [0.1, 0.15) is 84.0 Å². The summed E-state index contributed by atoms with van der Waals surface area (Å²) in [4.78, 5) is 32.2. The molecule has 0 radical (unpaired) electrons. The Labute approximate surface area is 277 Å². The Kier molecular flexibility index (Phi) is 7.48. The molecule has 250 valence electrons. The van der Waals surface area contributed by atoms with Crippen LogP contribution in [0.5, 0.6) is 11.8 Å². The average molecular weight is 641 g/mol. The van der Waals surface area contributed by atoms with Crippen molar-refractivity contribution in [1.29, 1.82) is 0 Å². The molecule has 8 rings (SSSR count). The normalized spacial score (nSPS) is 27.2. The lowest BCUT2D eigenvalue weighted by atomic mass is 9.70. The molecule has 1 N–H and O–H groups in total. The summed E-state index contributed by atoms with van der Waals surface area (Å²) in [6.07, 6.45) is 8.29. The monoisotopic (exact) mass is 640 g/mol. The highest BCUT2D eigenvalue weighted by Crippen LogP contribution is 2.48. The van der Waals surface area contributed by atoms with Crippen molar-refractivity contribution in [2.75, 3.05) is 52.3 Å². The first-order valence-corrected chi connectivity index (χ1v) is 17.5. The molecule has 2 fully saturated rings. The number of benzene rings is 1. The van der Waals surface area contributed by atoms with Crippen molar-refractivity contribution in [3.8, 4) is 11.8 Å². The summed E-state index contributed by atoms with van der Waals surface area (Å²) in [6, 6.07) is 8.30. The average Bonchev–Trinajstić information content (AvgIpc) is 3.67. The van der Waals surface area contributed by atoms with E-state index in [-0.39, 0.29) is 17.0 Å². The van der Waals surface area contributed by atoms with E-state index in [1.807, 2.05) is 22.9 Å². The number of fused-ring (bicyclic) bond motifs is 5. The second-order valence-electron chi connectivity index (χ2n) is 15.1. The number of carbonyl (C=O) groups is 1. The van der Waals surface area contributed by atoms with Crippen LogP contribution < -0.4 is 9.64 Å². The number of hydrogen-bond acceptors (Lipinski definition) is 9. The van der Waals surface area contributed by atoms with Crippen molar-refractivity contribution in [1.82, 2.24) is 34.4 Å². The maximum atomic E-state index is 12.8. The van der Waals surface area contributed by atoms with Crippen molar-refractivity contribution in [3.63, 3.8) is 0 Å². The number of anilines is 1. The van der Waals surface area contributed by atoms with Gasteiger partial charge in [0.15, 0.2) is 5.69 Å². The number of phenols is 1. The predicted molar refractivity (Wildman–Crippen MR) is 179 cm³/mol. The Bertz CT molecular complexity index is 1710. The fourth-order valence-corrected chi connectivity index (χ4v) is 9.43. The lowest BCUT2D eigenvalue weighted by Crippen LogP contribution is -2.51. The molecule has 1 aromatic carbocycles. The number of likely N-dealkylation sites (N-methyl/N-ethyl adjacent to an activating group) is 1. The minimum absolute atomic E-state index is 0.0740. The van der Waals surface area contributed by atoms with Crippen LogP contribution in [0.4, 0.5) is 5.82 Å². The van der Waals surface area contributed by atoms with Gasteiger partial charge in [0.2, 0.25) is 0 Å². The van der Waals surface area contributed by atoms with Crippen molar-refractivity contribution in [2.24, 2.45) is 5.92 Å². The molecule has 3 atom stereocenters. The van der Waals surface area contributed by atoms with E-state index in [9.17, 15) is 9.90 Å². The highest BCUT2D eigenvalue weighted by Gasteiger charge is 2.48. The van der Waals surface area contributed by atoms with Gasteiger partial charge in [-0.25, -0.2) is 0 Å². The molecule has 47 heavy (non-hydrogen) atoms. The maximum Gasteiger partial charge on any atom is 0.318 e.